The van der Waals surface area contributed by atoms with E-state index in [0.717, 1.165) is 0 Å². The number of anilines is 4. The average molecular weight is 424 g/mol. The number of hydrogen-bond acceptors (Lipinski definition) is 6. The lowest BCUT2D eigenvalue weighted by Gasteiger charge is -2.28. The van der Waals surface area contributed by atoms with E-state index in [9.17, 15) is 17.6 Å². The van der Waals surface area contributed by atoms with Crippen molar-refractivity contribution < 1.29 is 17.6 Å². The van der Waals surface area contributed by atoms with Crippen LogP contribution in [-0.4, -0.2) is 24.9 Å². The van der Waals surface area contributed by atoms with Gasteiger partial charge in [-0.05, 0) is 35.4 Å². The Balaban J connectivity index is 2.05. The van der Waals surface area contributed by atoms with E-state index in [2.05, 4.69) is 23.8 Å². The second-order valence-corrected chi connectivity index (χ2v) is 6.77. The van der Waals surface area contributed by atoms with Crippen molar-refractivity contribution in [2.45, 2.75) is 11.8 Å². The van der Waals surface area contributed by atoms with Crippen molar-refractivity contribution in [3.63, 3.8) is 0 Å². The Hall–Kier alpha value is -3.56. The van der Waals surface area contributed by atoms with Gasteiger partial charge >= 0.3 is 11.8 Å². The molecule has 0 aliphatic rings. The van der Waals surface area contributed by atoms with Crippen LogP contribution in [0.15, 0.2) is 49.6 Å². The Morgan fingerprint density at radius 1 is 0.733 bits per heavy atom. The number of halogens is 4. The van der Waals surface area contributed by atoms with Crippen LogP contribution in [0.2, 0.25) is 0 Å². The van der Waals surface area contributed by atoms with Crippen LogP contribution in [0.1, 0.15) is 11.1 Å². The molecule has 0 spiro atoms. The molecule has 0 bridgehead atoms. The lowest BCUT2D eigenvalue weighted by atomic mass is 10.1. The molecule has 0 heterocycles. The maximum Gasteiger partial charge on any atom is 0.328 e. The lowest BCUT2D eigenvalue weighted by molar-refractivity contribution is -0.191. The first-order valence-electron chi connectivity index (χ1n) is 8.76. The number of rotatable bonds is 9. The molecule has 0 aliphatic carbocycles. The van der Waals surface area contributed by atoms with Gasteiger partial charge in [-0.1, -0.05) is 25.3 Å². The van der Waals surface area contributed by atoms with Gasteiger partial charge in [-0.15, -0.1) is 0 Å². The molecule has 30 heavy (non-hydrogen) atoms. The molecule has 10 N–H and O–H groups in total. The zero-order valence-corrected chi connectivity index (χ0v) is 16.1. The summed E-state index contributed by atoms with van der Waals surface area (Å²) >= 11 is 0. The Morgan fingerprint density at radius 2 is 1.07 bits per heavy atom. The highest BCUT2D eigenvalue weighted by molar-refractivity contribution is 5.74. The van der Waals surface area contributed by atoms with Crippen molar-refractivity contribution in [3.8, 4) is 0 Å². The molecule has 2 aromatic carbocycles. The Labute approximate surface area is 171 Å². The van der Waals surface area contributed by atoms with Gasteiger partial charge in [0.25, 0.3) is 0 Å². The van der Waals surface area contributed by atoms with E-state index in [1.165, 1.54) is 36.4 Å². The smallest absolute Gasteiger partial charge is 0.328 e. The molecule has 0 unspecified atom stereocenters. The summed E-state index contributed by atoms with van der Waals surface area (Å²) in [6.45, 7) is 4.40. The summed E-state index contributed by atoms with van der Waals surface area (Å²) in [6.07, 6.45) is 0. The second kappa shape index (κ2) is 8.44. The average Bonchev–Trinajstić information content (AvgIpc) is 2.65. The summed E-state index contributed by atoms with van der Waals surface area (Å²) in [5.74, 6) is -8.77. The van der Waals surface area contributed by atoms with Crippen LogP contribution < -0.4 is 33.6 Å². The van der Waals surface area contributed by atoms with Gasteiger partial charge in [0, 0.05) is 11.4 Å². The van der Waals surface area contributed by atoms with Crippen LogP contribution in [0.4, 0.5) is 40.3 Å². The van der Waals surface area contributed by atoms with Crippen molar-refractivity contribution in [1.82, 2.24) is 0 Å². The van der Waals surface area contributed by atoms with E-state index >= 15 is 0 Å². The summed E-state index contributed by atoms with van der Waals surface area (Å²) in [5.41, 5.74) is 24.3. The highest BCUT2D eigenvalue weighted by Crippen LogP contribution is 2.36. The maximum atomic E-state index is 14.2. The van der Waals surface area contributed by atoms with Crippen LogP contribution in [0.3, 0.4) is 0 Å². The highest BCUT2D eigenvalue weighted by Gasteiger charge is 2.55. The highest BCUT2D eigenvalue weighted by atomic mass is 19.3. The van der Waals surface area contributed by atoms with Crippen LogP contribution in [0, 0.1) is 0 Å². The molecular weight excluding hydrogens is 400 g/mol. The van der Waals surface area contributed by atoms with Crippen molar-refractivity contribution in [3.05, 3.63) is 60.7 Å². The van der Waals surface area contributed by atoms with Crippen LogP contribution >= 0.6 is 0 Å². The second-order valence-electron chi connectivity index (χ2n) is 6.77. The third-order valence-electron chi connectivity index (χ3n) is 4.38. The standard InChI is InChI=1S/C20H24F4N6/c1-11(25)13-3-5-17(15(27)7-13)29-9-19(21,22)20(23,24)10-30-18-6-4-14(12(2)26)8-16(18)28/h3-8,29-30H,1-2,9-10,25-28H2. The first-order valence-corrected chi connectivity index (χ1v) is 8.76. The van der Waals surface area contributed by atoms with Gasteiger partial charge in [-0.25, -0.2) is 0 Å². The number of hydrogen-bond donors (Lipinski definition) is 6. The van der Waals surface area contributed by atoms with Crippen molar-refractivity contribution >= 4 is 34.1 Å². The quantitative estimate of drug-likeness (QED) is 0.270. The molecule has 10 heteroatoms. The fourth-order valence-corrected chi connectivity index (χ4v) is 2.52. The number of nitrogen functional groups attached to an aromatic ring is 2. The van der Waals surface area contributed by atoms with Gasteiger partial charge in [0.05, 0.1) is 35.8 Å². The van der Waals surface area contributed by atoms with E-state index in [1.807, 2.05) is 0 Å². The van der Waals surface area contributed by atoms with Gasteiger partial charge in [0.2, 0.25) is 0 Å². The monoisotopic (exact) mass is 424 g/mol. The summed E-state index contributed by atoms with van der Waals surface area (Å²) in [5, 5.41) is 4.51. The molecular formula is C20H24F4N6. The van der Waals surface area contributed by atoms with Crippen molar-refractivity contribution in [2.75, 3.05) is 35.2 Å². The van der Waals surface area contributed by atoms with Gasteiger partial charge in [0.15, 0.2) is 0 Å². The van der Waals surface area contributed by atoms with Gasteiger partial charge in [-0.3, -0.25) is 0 Å². The van der Waals surface area contributed by atoms with E-state index in [4.69, 9.17) is 22.9 Å². The molecule has 0 amide bonds. The van der Waals surface area contributed by atoms with E-state index < -0.39 is 24.9 Å². The minimum Gasteiger partial charge on any atom is -0.399 e. The molecule has 0 aliphatic heterocycles. The van der Waals surface area contributed by atoms with Crippen molar-refractivity contribution in [1.29, 1.82) is 0 Å². The molecule has 162 valence electrons. The van der Waals surface area contributed by atoms with Crippen molar-refractivity contribution in [2.24, 2.45) is 11.5 Å². The zero-order valence-electron chi connectivity index (χ0n) is 16.1. The van der Waals surface area contributed by atoms with E-state index in [-0.39, 0.29) is 34.1 Å². The molecule has 0 atom stereocenters. The number of nitrogens with one attached hydrogen (secondary N) is 2. The maximum absolute atomic E-state index is 14.2. The van der Waals surface area contributed by atoms with E-state index in [1.54, 1.807) is 0 Å². The molecule has 2 rings (SSSR count). The molecule has 6 nitrogen and oxygen atoms in total. The SMILES string of the molecule is C=C(N)c1ccc(NCC(F)(F)C(F)(F)CNc2ccc(C(=C)N)cc2N)c(N)c1. The number of alkyl halides is 4. The third-order valence-corrected chi connectivity index (χ3v) is 4.38. The van der Waals surface area contributed by atoms with Gasteiger partial charge < -0.3 is 33.6 Å². The third kappa shape index (κ3) is 5.07. The molecule has 0 radical (unpaired) electrons. The topological polar surface area (TPSA) is 128 Å². The fourth-order valence-electron chi connectivity index (χ4n) is 2.52. The van der Waals surface area contributed by atoms with Gasteiger partial charge in [-0.2, -0.15) is 17.6 Å². The summed E-state index contributed by atoms with van der Waals surface area (Å²) in [6, 6.07) is 8.52. The Bertz CT molecular complexity index is 881. The largest absolute Gasteiger partial charge is 0.399 e. The van der Waals surface area contributed by atoms with Crippen LogP contribution in [-0.2, 0) is 0 Å². The molecule has 0 saturated carbocycles. The predicted octanol–water partition coefficient (Wildman–Crippen LogP) is 3.50. The van der Waals surface area contributed by atoms with Crippen LogP contribution in [0.25, 0.3) is 11.4 Å². The summed E-state index contributed by atoms with van der Waals surface area (Å²) in [7, 11) is 0. The van der Waals surface area contributed by atoms with Crippen LogP contribution in [0.5, 0.6) is 0 Å². The van der Waals surface area contributed by atoms with Gasteiger partial charge in [0.1, 0.15) is 0 Å². The molecule has 0 fully saturated rings. The normalized spacial score (nSPS) is 11.7. The Kier molecular flexibility index (Phi) is 6.39. The number of nitrogens with two attached hydrogens (primary N) is 4. The molecule has 2 aromatic rings. The Morgan fingerprint density at radius 3 is 1.33 bits per heavy atom. The van der Waals surface area contributed by atoms with E-state index in [0.29, 0.717) is 11.1 Å². The minimum absolute atomic E-state index is 0.0743. The summed E-state index contributed by atoms with van der Waals surface area (Å²) < 4.78 is 56.9. The zero-order chi connectivity index (χ0) is 22.7. The minimum atomic E-state index is -4.39. The first kappa shape index (κ1) is 22.7. The molecule has 0 aromatic heterocycles. The lowest BCUT2D eigenvalue weighted by Crippen LogP contribution is -2.50. The summed E-state index contributed by atoms with van der Waals surface area (Å²) in [4.78, 5) is 0. The number of benzene rings is 2. The predicted molar refractivity (Wildman–Crippen MR) is 115 cm³/mol. The fraction of sp³-hybridized carbons (Fsp3) is 0.200. The molecule has 0 saturated heterocycles. The first-order chi connectivity index (χ1) is 13.8.